The summed E-state index contributed by atoms with van der Waals surface area (Å²) in [7, 11) is 3.22. The molecule has 0 saturated carbocycles. The van der Waals surface area contributed by atoms with Gasteiger partial charge in [0.25, 0.3) is 5.56 Å². The fourth-order valence-electron chi connectivity index (χ4n) is 1.52. The van der Waals surface area contributed by atoms with Crippen molar-refractivity contribution in [2.24, 2.45) is 7.05 Å². The van der Waals surface area contributed by atoms with E-state index in [4.69, 9.17) is 9.47 Å². The lowest BCUT2D eigenvalue weighted by Gasteiger charge is -2.09. The van der Waals surface area contributed by atoms with Crippen molar-refractivity contribution in [1.82, 2.24) is 9.55 Å². The highest BCUT2D eigenvalue weighted by Crippen LogP contribution is 2.29. The first-order valence-corrected chi connectivity index (χ1v) is 6.35. The van der Waals surface area contributed by atoms with Crippen LogP contribution in [0, 0.1) is 0 Å². The van der Waals surface area contributed by atoms with Gasteiger partial charge < -0.3 is 14.0 Å². The van der Waals surface area contributed by atoms with Crippen molar-refractivity contribution in [2.45, 2.75) is 0 Å². The number of rotatable bonds is 4. The Hall–Kier alpha value is -1.66. The lowest BCUT2D eigenvalue weighted by Crippen LogP contribution is -2.15. The molecule has 100 valence electrons. The summed E-state index contributed by atoms with van der Waals surface area (Å²) in [6.07, 6.45) is 1.50. The molecule has 0 saturated heterocycles. The maximum absolute atomic E-state index is 11.6. The molecule has 1 aromatic heterocycles. The molecule has 0 bridgehead atoms. The second-order valence-electron chi connectivity index (χ2n) is 3.92. The summed E-state index contributed by atoms with van der Waals surface area (Å²) in [5, 5.41) is 0. The molecule has 6 heteroatoms. The van der Waals surface area contributed by atoms with E-state index >= 15 is 0 Å². The van der Waals surface area contributed by atoms with Crippen LogP contribution in [0.15, 0.2) is 39.9 Å². The Bertz CT molecular complexity index is 640. The van der Waals surface area contributed by atoms with Gasteiger partial charge in [-0.25, -0.2) is 4.98 Å². The Kier molecular flexibility index (Phi) is 4.34. The number of aromatic nitrogens is 2. The van der Waals surface area contributed by atoms with Gasteiger partial charge in [0, 0.05) is 25.8 Å². The Morgan fingerprint density at radius 1 is 1.37 bits per heavy atom. The van der Waals surface area contributed by atoms with Crippen molar-refractivity contribution < 1.29 is 9.47 Å². The first-order valence-electron chi connectivity index (χ1n) is 5.56. The molecule has 1 heterocycles. The van der Waals surface area contributed by atoms with Gasteiger partial charge in [0.05, 0.1) is 16.5 Å². The molecule has 2 aromatic rings. The van der Waals surface area contributed by atoms with Crippen molar-refractivity contribution >= 4 is 15.9 Å². The molecule has 0 radical (unpaired) electrons. The number of benzene rings is 1. The SMILES string of the molecule is COCOc1cc(-c2cc(=O)n(C)cn2)ccc1Br. The molecule has 0 aliphatic rings. The molecule has 5 nitrogen and oxygen atoms in total. The molecule has 0 N–H and O–H groups in total. The van der Waals surface area contributed by atoms with Gasteiger partial charge in [0.2, 0.25) is 0 Å². The van der Waals surface area contributed by atoms with E-state index in [0.717, 1.165) is 10.0 Å². The van der Waals surface area contributed by atoms with E-state index in [0.29, 0.717) is 11.4 Å². The monoisotopic (exact) mass is 324 g/mol. The minimum atomic E-state index is -0.104. The average Bonchev–Trinajstić information content (AvgIpc) is 2.41. The predicted molar refractivity (Wildman–Crippen MR) is 75.1 cm³/mol. The van der Waals surface area contributed by atoms with Gasteiger partial charge in [0.15, 0.2) is 6.79 Å². The van der Waals surface area contributed by atoms with Crippen LogP contribution >= 0.6 is 15.9 Å². The van der Waals surface area contributed by atoms with Crippen LogP contribution in [0.3, 0.4) is 0 Å². The normalized spacial score (nSPS) is 10.5. The molecule has 0 atom stereocenters. The number of hydrogen-bond acceptors (Lipinski definition) is 4. The lowest BCUT2D eigenvalue weighted by molar-refractivity contribution is 0.0506. The smallest absolute Gasteiger partial charge is 0.253 e. The third-order valence-corrected chi connectivity index (χ3v) is 3.19. The number of aryl methyl sites for hydroxylation is 1. The molecule has 0 unspecified atom stereocenters. The number of ether oxygens (including phenoxy) is 2. The van der Waals surface area contributed by atoms with Crippen molar-refractivity contribution in [2.75, 3.05) is 13.9 Å². The lowest BCUT2D eigenvalue weighted by atomic mass is 10.1. The van der Waals surface area contributed by atoms with E-state index in [9.17, 15) is 4.79 Å². The van der Waals surface area contributed by atoms with Crippen molar-refractivity contribution in [3.05, 3.63) is 45.4 Å². The third kappa shape index (κ3) is 3.21. The van der Waals surface area contributed by atoms with E-state index in [1.54, 1.807) is 14.2 Å². The van der Waals surface area contributed by atoms with Crippen LogP contribution in [0.2, 0.25) is 0 Å². The van der Waals surface area contributed by atoms with Crippen LogP contribution in [0.1, 0.15) is 0 Å². The molecule has 1 aromatic carbocycles. The van der Waals surface area contributed by atoms with Gasteiger partial charge >= 0.3 is 0 Å². The molecule has 2 rings (SSSR count). The Balaban J connectivity index is 2.39. The zero-order valence-electron chi connectivity index (χ0n) is 10.6. The van der Waals surface area contributed by atoms with Crippen molar-refractivity contribution in [3.8, 4) is 17.0 Å². The standard InChI is InChI=1S/C13H13BrN2O3/c1-16-7-15-11(6-13(16)17)9-3-4-10(14)12(5-9)19-8-18-2/h3-7H,8H2,1-2H3. The van der Waals surface area contributed by atoms with Gasteiger partial charge in [-0.15, -0.1) is 0 Å². The topological polar surface area (TPSA) is 53.4 Å². The first-order chi connectivity index (χ1) is 9.11. The highest BCUT2D eigenvalue weighted by atomic mass is 79.9. The molecule has 0 aliphatic carbocycles. The van der Waals surface area contributed by atoms with Gasteiger partial charge in [-0.2, -0.15) is 0 Å². The van der Waals surface area contributed by atoms with E-state index in [1.807, 2.05) is 18.2 Å². The van der Waals surface area contributed by atoms with Crippen LogP contribution in [0.25, 0.3) is 11.3 Å². The summed E-state index contributed by atoms with van der Waals surface area (Å²) in [6, 6.07) is 7.01. The van der Waals surface area contributed by atoms with E-state index < -0.39 is 0 Å². The van der Waals surface area contributed by atoms with Gasteiger partial charge in [-0.05, 0) is 28.1 Å². The molecule has 0 spiro atoms. The number of nitrogens with zero attached hydrogens (tertiary/aromatic N) is 2. The summed E-state index contributed by atoms with van der Waals surface area (Å²) in [4.78, 5) is 15.8. The fourth-order valence-corrected chi connectivity index (χ4v) is 1.88. The maximum atomic E-state index is 11.6. The zero-order chi connectivity index (χ0) is 13.8. The highest BCUT2D eigenvalue weighted by Gasteiger charge is 2.06. The maximum Gasteiger partial charge on any atom is 0.253 e. The number of methoxy groups -OCH3 is 1. The second-order valence-corrected chi connectivity index (χ2v) is 4.77. The predicted octanol–water partition coefficient (Wildman–Crippen LogP) is 2.19. The van der Waals surface area contributed by atoms with E-state index in [1.165, 1.54) is 17.0 Å². The molecule has 0 amide bonds. The minimum absolute atomic E-state index is 0.104. The Labute approximate surface area is 118 Å². The van der Waals surface area contributed by atoms with Gasteiger partial charge in [0.1, 0.15) is 5.75 Å². The largest absolute Gasteiger partial charge is 0.466 e. The van der Waals surface area contributed by atoms with Crippen molar-refractivity contribution in [1.29, 1.82) is 0 Å². The number of hydrogen-bond donors (Lipinski definition) is 0. The first kappa shape index (κ1) is 13.8. The fraction of sp³-hybridized carbons (Fsp3) is 0.231. The summed E-state index contributed by atoms with van der Waals surface area (Å²) < 4.78 is 12.5. The zero-order valence-corrected chi connectivity index (χ0v) is 12.2. The molecule has 0 aliphatic heterocycles. The molecular weight excluding hydrogens is 312 g/mol. The number of halogens is 1. The van der Waals surface area contributed by atoms with Crippen molar-refractivity contribution in [3.63, 3.8) is 0 Å². The Morgan fingerprint density at radius 2 is 2.16 bits per heavy atom. The van der Waals surface area contributed by atoms with E-state index in [2.05, 4.69) is 20.9 Å². The van der Waals surface area contributed by atoms with Crippen LogP contribution in [0.5, 0.6) is 5.75 Å². The third-order valence-electron chi connectivity index (χ3n) is 2.54. The molecule has 0 fully saturated rings. The molecule has 19 heavy (non-hydrogen) atoms. The summed E-state index contributed by atoms with van der Waals surface area (Å²) in [5.74, 6) is 0.641. The van der Waals surface area contributed by atoms with Gasteiger partial charge in [-0.1, -0.05) is 6.07 Å². The Morgan fingerprint density at radius 3 is 2.84 bits per heavy atom. The van der Waals surface area contributed by atoms with Crippen LogP contribution < -0.4 is 10.3 Å². The summed E-state index contributed by atoms with van der Waals surface area (Å²) in [5.41, 5.74) is 1.32. The minimum Gasteiger partial charge on any atom is -0.466 e. The summed E-state index contributed by atoms with van der Waals surface area (Å²) in [6.45, 7) is 0.159. The van der Waals surface area contributed by atoms with Gasteiger partial charge in [-0.3, -0.25) is 4.79 Å². The van der Waals surface area contributed by atoms with E-state index in [-0.39, 0.29) is 12.4 Å². The van der Waals surface area contributed by atoms with Crippen LogP contribution in [0.4, 0.5) is 0 Å². The average molecular weight is 325 g/mol. The van der Waals surface area contributed by atoms with Crippen LogP contribution in [-0.4, -0.2) is 23.5 Å². The van der Waals surface area contributed by atoms with Crippen LogP contribution in [-0.2, 0) is 11.8 Å². The quantitative estimate of drug-likeness (QED) is 0.809. The highest BCUT2D eigenvalue weighted by molar-refractivity contribution is 9.10. The second kappa shape index (κ2) is 5.99. The summed E-state index contributed by atoms with van der Waals surface area (Å²) >= 11 is 3.39. The molecular formula is C13H13BrN2O3.